The highest BCUT2D eigenvalue weighted by atomic mass is 32.2. The molecule has 0 bridgehead atoms. The van der Waals surface area contributed by atoms with E-state index in [1.807, 2.05) is 23.1 Å². The minimum Gasteiger partial charge on any atom is -0.476 e. The molecule has 2 aromatic rings. The number of benzene rings is 1. The van der Waals surface area contributed by atoms with Gasteiger partial charge in [-0.05, 0) is 24.0 Å². The summed E-state index contributed by atoms with van der Waals surface area (Å²) in [5, 5.41) is 20.9. The molecular weight excluding hydrogens is 420 g/mol. The highest BCUT2D eigenvalue weighted by molar-refractivity contribution is 8.01. The van der Waals surface area contributed by atoms with E-state index in [0.717, 1.165) is 18.4 Å². The van der Waals surface area contributed by atoms with Crippen LogP contribution in [0.15, 0.2) is 46.1 Å². The van der Waals surface area contributed by atoms with Crippen LogP contribution < -0.4 is 0 Å². The molecule has 0 unspecified atom stereocenters. The van der Waals surface area contributed by atoms with E-state index in [1.54, 1.807) is 6.08 Å². The van der Waals surface area contributed by atoms with Gasteiger partial charge in [0.05, 0.1) is 12.1 Å². The summed E-state index contributed by atoms with van der Waals surface area (Å²) in [5.41, 5.74) is 2.41. The van der Waals surface area contributed by atoms with Crippen molar-refractivity contribution in [1.82, 2.24) is 9.88 Å². The van der Waals surface area contributed by atoms with Crippen LogP contribution in [0.5, 0.6) is 0 Å². The molecule has 2 N–H and O–H groups in total. The minimum atomic E-state index is -1.03. The molecule has 1 aromatic heterocycles. The number of aryl methyl sites for hydroxylation is 1. The van der Waals surface area contributed by atoms with Crippen molar-refractivity contribution in [3.05, 3.63) is 58.6 Å². The Hall–Kier alpha value is -2.16. The second-order valence-corrected chi connectivity index (χ2v) is 9.38. The van der Waals surface area contributed by atoms with Gasteiger partial charge in [-0.15, -0.1) is 11.3 Å². The molecule has 2 atom stereocenters. The first-order valence-electron chi connectivity index (χ1n) is 10.0. The van der Waals surface area contributed by atoms with Crippen molar-refractivity contribution in [3.8, 4) is 0 Å². The van der Waals surface area contributed by atoms with Crippen LogP contribution in [0.25, 0.3) is 0 Å². The molecule has 6 nitrogen and oxygen atoms in total. The molecule has 1 aliphatic heterocycles. The van der Waals surface area contributed by atoms with E-state index in [-0.39, 0.29) is 17.6 Å². The summed E-state index contributed by atoms with van der Waals surface area (Å²) < 4.78 is 0.691. The Morgan fingerprint density at radius 2 is 2.23 bits per heavy atom. The summed E-state index contributed by atoms with van der Waals surface area (Å²) >= 11 is 2.76. The van der Waals surface area contributed by atoms with Gasteiger partial charge in [-0.3, -0.25) is 4.79 Å². The van der Waals surface area contributed by atoms with Gasteiger partial charge in [-0.25, -0.2) is 9.78 Å². The number of aromatic nitrogens is 1. The first-order chi connectivity index (χ1) is 14.5. The van der Waals surface area contributed by atoms with Gasteiger partial charge in [0.1, 0.15) is 0 Å². The van der Waals surface area contributed by atoms with Crippen molar-refractivity contribution < 1.29 is 19.8 Å². The number of carbonyl (C=O) groups excluding carboxylic acids is 1. The van der Waals surface area contributed by atoms with Crippen molar-refractivity contribution >= 4 is 35.0 Å². The second-order valence-electron chi connectivity index (χ2n) is 7.18. The maximum atomic E-state index is 12.3. The van der Waals surface area contributed by atoms with E-state index < -0.39 is 12.1 Å². The number of carboxylic acids is 1. The first kappa shape index (κ1) is 22.5. The van der Waals surface area contributed by atoms with E-state index in [1.165, 1.54) is 34.0 Å². The zero-order chi connectivity index (χ0) is 21.5. The SMILES string of the molecule is CCc1cccc(C[C@H](O)/C=C/[C@H]2CCC(=O)N2CCSc2nc(C(=O)O)cs2)c1. The fourth-order valence-electron chi connectivity index (χ4n) is 3.44. The van der Waals surface area contributed by atoms with E-state index in [4.69, 9.17) is 5.11 Å². The van der Waals surface area contributed by atoms with Gasteiger partial charge >= 0.3 is 5.97 Å². The van der Waals surface area contributed by atoms with Crippen LogP contribution in [0, 0.1) is 0 Å². The number of thioether (sulfide) groups is 1. The standard InChI is InChI=1S/C22H26N2O4S2/c1-2-15-4-3-5-16(12-15)13-18(25)8-6-17-7-9-20(26)24(17)10-11-29-22-23-19(14-30-22)21(27)28/h3-6,8,12,14,17-18,25H,2,7,9-11,13H2,1H3,(H,27,28)/b8-6+/t17-,18+/m0/s1. The number of hydrogen-bond acceptors (Lipinski definition) is 6. The first-order valence-corrected chi connectivity index (χ1v) is 11.9. The molecular formula is C22H26N2O4S2. The summed E-state index contributed by atoms with van der Waals surface area (Å²) in [6.07, 6.45) is 5.92. The lowest BCUT2D eigenvalue weighted by molar-refractivity contribution is -0.128. The van der Waals surface area contributed by atoms with Crippen molar-refractivity contribution in [2.75, 3.05) is 12.3 Å². The Morgan fingerprint density at radius 1 is 1.43 bits per heavy atom. The third kappa shape index (κ3) is 6.17. The summed E-state index contributed by atoms with van der Waals surface area (Å²) in [6, 6.07) is 8.23. The van der Waals surface area contributed by atoms with Crippen LogP contribution in [0.1, 0.15) is 41.4 Å². The number of carbonyl (C=O) groups is 2. The molecule has 8 heteroatoms. The number of carboxylic acid groups (broad SMARTS) is 1. The maximum Gasteiger partial charge on any atom is 0.355 e. The number of hydrogen-bond donors (Lipinski definition) is 2. The topological polar surface area (TPSA) is 90.7 Å². The molecule has 160 valence electrons. The Labute approximate surface area is 184 Å². The van der Waals surface area contributed by atoms with Crippen molar-refractivity contribution in [1.29, 1.82) is 0 Å². The second kappa shape index (κ2) is 10.7. The molecule has 30 heavy (non-hydrogen) atoms. The van der Waals surface area contributed by atoms with Crippen LogP contribution in [0.3, 0.4) is 0 Å². The van der Waals surface area contributed by atoms with Gasteiger partial charge in [0.2, 0.25) is 5.91 Å². The molecule has 3 rings (SSSR count). The minimum absolute atomic E-state index is 0.0133. The van der Waals surface area contributed by atoms with Crippen LogP contribution in [0.4, 0.5) is 0 Å². The zero-order valence-corrected chi connectivity index (χ0v) is 18.5. The van der Waals surface area contributed by atoms with Crippen LogP contribution in [-0.2, 0) is 17.6 Å². The van der Waals surface area contributed by atoms with Crippen LogP contribution in [0.2, 0.25) is 0 Å². The average Bonchev–Trinajstić information content (AvgIpc) is 3.34. The van der Waals surface area contributed by atoms with Gasteiger partial charge < -0.3 is 15.1 Å². The number of rotatable bonds is 10. The molecule has 1 aliphatic rings. The lowest BCUT2D eigenvalue weighted by Gasteiger charge is -2.22. The monoisotopic (exact) mass is 446 g/mol. The van der Waals surface area contributed by atoms with Gasteiger partial charge in [0.25, 0.3) is 0 Å². The zero-order valence-electron chi connectivity index (χ0n) is 16.9. The number of likely N-dealkylation sites (tertiary alicyclic amines) is 1. The quantitative estimate of drug-likeness (QED) is 0.428. The number of amides is 1. The van der Waals surface area contributed by atoms with Gasteiger partial charge in [-0.1, -0.05) is 55.1 Å². The summed E-state index contributed by atoms with van der Waals surface area (Å²) in [4.78, 5) is 29.1. The normalized spacial score (nSPS) is 17.7. The molecule has 0 aliphatic carbocycles. The molecule has 0 spiro atoms. The molecule has 2 heterocycles. The lowest BCUT2D eigenvalue weighted by atomic mass is 10.0. The fraction of sp³-hybridized carbons (Fsp3) is 0.409. The van der Waals surface area contributed by atoms with Gasteiger partial charge in [-0.2, -0.15) is 0 Å². The largest absolute Gasteiger partial charge is 0.476 e. The van der Waals surface area contributed by atoms with Gasteiger partial charge in [0.15, 0.2) is 10.0 Å². The van der Waals surface area contributed by atoms with E-state index in [9.17, 15) is 14.7 Å². The van der Waals surface area contributed by atoms with Crippen molar-refractivity contribution in [3.63, 3.8) is 0 Å². The Kier molecular flexibility index (Phi) is 8.07. The number of aliphatic hydroxyl groups excluding tert-OH is 1. The molecule has 1 fully saturated rings. The molecule has 1 saturated heterocycles. The number of thiazole rings is 1. The average molecular weight is 447 g/mol. The highest BCUT2D eigenvalue weighted by Crippen LogP contribution is 2.25. The molecule has 1 aromatic carbocycles. The Bertz CT molecular complexity index is 912. The predicted molar refractivity (Wildman–Crippen MR) is 119 cm³/mol. The smallest absolute Gasteiger partial charge is 0.355 e. The van der Waals surface area contributed by atoms with Gasteiger partial charge in [0, 0.05) is 30.5 Å². The third-order valence-corrected chi connectivity index (χ3v) is 7.04. The lowest BCUT2D eigenvalue weighted by Crippen LogP contribution is -2.33. The highest BCUT2D eigenvalue weighted by Gasteiger charge is 2.28. The number of aromatic carboxylic acids is 1. The van der Waals surface area contributed by atoms with Crippen molar-refractivity contribution in [2.24, 2.45) is 0 Å². The molecule has 0 saturated carbocycles. The molecule has 1 amide bonds. The summed E-state index contributed by atoms with van der Waals surface area (Å²) in [5.74, 6) is -0.270. The Balaban J connectivity index is 1.51. The molecule has 0 radical (unpaired) electrons. The van der Waals surface area contributed by atoms with Crippen LogP contribution >= 0.6 is 23.1 Å². The van der Waals surface area contributed by atoms with E-state index in [2.05, 4.69) is 24.0 Å². The van der Waals surface area contributed by atoms with E-state index in [0.29, 0.717) is 29.5 Å². The third-order valence-electron chi connectivity index (χ3n) is 5.03. The number of aliphatic hydroxyl groups is 1. The maximum absolute atomic E-state index is 12.3. The Morgan fingerprint density at radius 3 is 2.97 bits per heavy atom. The summed E-state index contributed by atoms with van der Waals surface area (Å²) in [6.45, 7) is 2.67. The van der Waals surface area contributed by atoms with E-state index >= 15 is 0 Å². The summed E-state index contributed by atoms with van der Waals surface area (Å²) in [7, 11) is 0. The predicted octanol–water partition coefficient (Wildman–Crippen LogP) is 3.65. The van der Waals surface area contributed by atoms with Crippen molar-refractivity contribution in [2.45, 2.75) is 49.1 Å². The van der Waals surface area contributed by atoms with Crippen LogP contribution in [-0.4, -0.2) is 56.4 Å². The fourth-order valence-corrected chi connectivity index (χ4v) is 5.25. The number of nitrogens with zero attached hydrogens (tertiary/aromatic N) is 2.